The molecule has 8 rings (SSSR count). The van der Waals surface area contributed by atoms with Gasteiger partial charge in [-0.3, -0.25) is 14.4 Å². The fourth-order valence-electron chi connectivity index (χ4n) is 6.14. The molecule has 11 heteroatoms. The lowest BCUT2D eigenvalue weighted by Gasteiger charge is -2.57. The highest BCUT2D eigenvalue weighted by molar-refractivity contribution is 5.96. The fourth-order valence-corrected chi connectivity index (χ4v) is 6.14. The van der Waals surface area contributed by atoms with Crippen LogP contribution in [0.25, 0.3) is 16.6 Å². The van der Waals surface area contributed by atoms with Crippen molar-refractivity contribution in [2.75, 3.05) is 33.5 Å². The Morgan fingerprint density at radius 3 is 2.85 bits per heavy atom. The largest absolute Gasteiger partial charge is 0.492 e. The number of fused-ring (bicyclic) bond motifs is 5. The third kappa shape index (κ3) is 4.94. The van der Waals surface area contributed by atoms with Crippen molar-refractivity contribution in [2.24, 2.45) is 4.99 Å². The number of piperazine rings is 1. The molecular weight excluding hydrogens is 523 g/mol. The molecule has 4 aromatic heterocycles. The highest BCUT2D eigenvalue weighted by Gasteiger charge is 2.44. The number of allylic oxidation sites excluding steroid dienone is 3. The lowest BCUT2D eigenvalue weighted by atomic mass is 9.87. The number of aliphatic imine (C=N–C) groups is 1. The molecule has 212 valence electrons. The lowest BCUT2D eigenvalue weighted by Crippen LogP contribution is -2.67. The van der Waals surface area contributed by atoms with Gasteiger partial charge in [-0.15, -0.1) is 5.10 Å². The van der Waals surface area contributed by atoms with Gasteiger partial charge in [0, 0.05) is 56.1 Å². The zero-order chi connectivity index (χ0) is 27.8. The van der Waals surface area contributed by atoms with E-state index >= 15 is 0 Å². The third-order valence-electron chi connectivity index (χ3n) is 8.26. The molecule has 4 aliphatic heterocycles. The first kappa shape index (κ1) is 25.7. The summed E-state index contributed by atoms with van der Waals surface area (Å²) in [7, 11) is 1.64. The molecule has 2 bridgehead atoms. The second-order valence-corrected chi connectivity index (χ2v) is 10.8. The van der Waals surface area contributed by atoms with E-state index in [2.05, 4.69) is 54.4 Å². The average molecular weight is 557 g/mol. The molecule has 4 aromatic rings. The van der Waals surface area contributed by atoms with Crippen molar-refractivity contribution < 1.29 is 13.9 Å². The highest BCUT2D eigenvalue weighted by Crippen LogP contribution is 2.36. The quantitative estimate of drug-likeness (QED) is 0.292. The van der Waals surface area contributed by atoms with Crippen molar-refractivity contribution in [3.63, 3.8) is 0 Å². The zero-order valence-electron chi connectivity index (χ0n) is 23.0. The molecule has 0 aromatic carbocycles. The molecule has 41 heavy (non-hydrogen) atoms. The Hall–Kier alpha value is -4.25. The number of hydrogen-bond acceptors (Lipinski definition) is 8. The smallest absolute Gasteiger partial charge is 0.212 e. The second kappa shape index (κ2) is 11.0. The summed E-state index contributed by atoms with van der Waals surface area (Å²) in [4.78, 5) is 14.3. The minimum Gasteiger partial charge on any atom is -0.492 e. The predicted molar refractivity (Wildman–Crippen MR) is 154 cm³/mol. The average Bonchev–Trinajstić information content (AvgIpc) is 3.50. The number of hydrogen-bond donors (Lipinski definition) is 1. The second-order valence-electron chi connectivity index (χ2n) is 10.8. The number of alkyl halides is 1. The van der Waals surface area contributed by atoms with Gasteiger partial charge in [-0.25, -0.2) is 14.5 Å². The molecule has 3 atom stereocenters. The van der Waals surface area contributed by atoms with E-state index in [1.807, 2.05) is 35.3 Å². The molecule has 1 N–H and O–H groups in total. The molecule has 0 radical (unpaired) electrons. The SMILES string of the molecule is COc1ccc(CN2C3CC2CN(C2=CC=CC(c4cc(OCCCCF)cn5nc6[nH]ncc6c45)C=N2)C3)cn1. The van der Waals surface area contributed by atoms with Gasteiger partial charge in [0.05, 0.1) is 43.7 Å². The van der Waals surface area contributed by atoms with Crippen LogP contribution in [-0.2, 0) is 6.54 Å². The van der Waals surface area contributed by atoms with E-state index in [9.17, 15) is 4.39 Å². The van der Waals surface area contributed by atoms with Gasteiger partial charge >= 0.3 is 0 Å². The van der Waals surface area contributed by atoms with Crippen LogP contribution in [0.5, 0.6) is 11.6 Å². The van der Waals surface area contributed by atoms with Crippen molar-refractivity contribution >= 4 is 22.8 Å². The number of aromatic nitrogens is 5. The lowest BCUT2D eigenvalue weighted by molar-refractivity contribution is -0.0645. The topological polar surface area (TPSA) is 96.2 Å². The molecule has 8 heterocycles. The number of H-pyrrole nitrogens is 1. The molecule has 0 amide bonds. The Balaban J connectivity index is 1.07. The molecule has 0 aliphatic carbocycles. The first-order valence-electron chi connectivity index (χ1n) is 14.2. The van der Waals surface area contributed by atoms with Gasteiger partial charge in [-0.2, -0.15) is 5.10 Å². The monoisotopic (exact) mass is 556 g/mol. The van der Waals surface area contributed by atoms with Crippen LogP contribution in [0.1, 0.15) is 36.3 Å². The van der Waals surface area contributed by atoms with Gasteiger partial charge < -0.3 is 14.4 Å². The molecule has 4 aliphatic rings. The Kier molecular flexibility index (Phi) is 6.87. The summed E-state index contributed by atoms with van der Waals surface area (Å²) in [6.45, 7) is 2.93. The molecule has 3 fully saturated rings. The summed E-state index contributed by atoms with van der Waals surface area (Å²) in [6, 6.07) is 7.07. The van der Waals surface area contributed by atoms with E-state index in [4.69, 9.17) is 14.5 Å². The number of rotatable bonds is 10. The number of piperidine rings is 1. The molecule has 0 saturated carbocycles. The van der Waals surface area contributed by atoms with Crippen LogP contribution in [0, 0.1) is 0 Å². The zero-order valence-corrected chi connectivity index (χ0v) is 23.0. The first-order valence-corrected chi connectivity index (χ1v) is 14.2. The van der Waals surface area contributed by atoms with Crippen LogP contribution in [0.2, 0.25) is 0 Å². The number of nitrogens with one attached hydrogen (secondary N) is 1. The van der Waals surface area contributed by atoms with Crippen LogP contribution < -0.4 is 9.47 Å². The Morgan fingerprint density at radius 2 is 2.05 bits per heavy atom. The molecule has 3 saturated heterocycles. The first-order chi connectivity index (χ1) is 20.2. The Morgan fingerprint density at radius 1 is 1.15 bits per heavy atom. The Bertz CT molecular complexity index is 1610. The standard InChI is InChI=1S/C30H33FN8O2/c1-40-28-8-7-20(13-33-28)16-38-22-11-23(38)18-37(17-22)27-6-4-5-21(14-32-27)25-12-24(41-10-3-2-9-31)19-39-29(25)26-15-34-35-30(26)36-39/h4-8,12-15,19,21-23H,2-3,9-11,16-18H2,1H3,(H,35,36). The minimum atomic E-state index is -0.333. The van der Waals surface area contributed by atoms with Crippen molar-refractivity contribution in [1.82, 2.24) is 34.6 Å². The van der Waals surface area contributed by atoms with Gasteiger partial charge in [0.1, 0.15) is 11.6 Å². The minimum absolute atomic E-state index is 0.0752. The van der Waals surface area contributed by atoms with Crippen molar-refractivity contribution in [3.8, 4) is 11.6 Å². The van der Waals surface area contributed by atoms with E-state index in [1.165, 1.54) is 12.0 Å². The summed E-state index contributed by atoms with van der Waals surface area (Å²) in [6.07, 6.45) is 16.3. The van der Waals surface area contributed by atoms with Gasteiger partial charge in [0.25, 0.3) is 0 Å². The maximum atomic E-state index is 12.6. The van der Waals surface area contributed by atoms with Crippen molar-refractivity contribution in [2.45, 2.75) is 43.8 Å². The van der Waals surface area contributed by atoms with Crippen LogP contribution in [0.3, 0.4) is 0 Å². The van der Waals surface area contributed by atoms with E-state index in [-0.39, 0.29) is 12.6 Å². The van der Waals surface area contributed by atoms with E-state index < -0.39 is 0 Å². The Labute approximate surface area is 237 Å². The van der Waals surface area contributed by atoms with Crippen molar-refractivity contribution in [1.29, 1.82) is 0 Å². The summed E-state index contributed by atoms with van der Waals surface area (Å²) < 4.78 is 25.6. The van der Waals surface area contributed by atoms with Crippen LogP contribution in [0.4, 0.5) is 4.39 Å². The molecule has 10 nitrogen and oxygen atoms in total. The summed E-state index contributed by atoms with van der Waals surface area (Å²) in [5.74, 6) is 2.26. The number of ether oxygens (including phenoxy) is 2. The highest BCUT2D eigenvalue weighted by atomic mass is 19.1. The number of nitrogens with zero attached hydrogens (tertiary/aromatic N) is 7. The fraction of sp³-hybridized carbons (Fsp3) is 0.400. The summed E-state index contributed by atoms with van der Waals surface area (Å²) in [5.41, 5.74) is 3.93. The number of halogens is 1. The predicted octanol–water partition coefficient (Wildman–Crippen LogP) is 4.27. The summed E-state index contributed by atoms with van der Waals surface area (Å²) >= 11 is 0. The van der Waals surface area contributed by atoms with Gasteiger partial charge in [0.15, 0.2) is 5.65 Å². The summed E-state index contributed by atoms with van der Waals surface area (Å²) in [5, 5.41) is 12.8. The third-order valence-corrected chi connectivity index (χ3v) is 8.26. The maximum absolute atomic E-state index is 12.6. The van der Waals surface area contributed by atoms with Crippen LogP contribution in [0.15, 0.2) is 65.8 Å². The van der Waals surface area contributed by atoms with Crippen molar-refractivity contribution in [3.05, 3.63) is 72.0 Å². The normalized spacial score (nSPS) is 22.1. The van der Waals surface area contributed by atoms with Crippen LogP contribution in [-0.4, -0.2) is 86.4 Å². The molecule has 3 unspecified atom stereocenters. The van der Waals surface area contributed by atoms with Gasteiger partial charge in [-0.1, -0.05) is 18.2 Å². The number of unbranched alkanes of at least 4 members (excludes halogenated alkanes) is 1. The number of pyridine rings is 2. The van der Waals surface area contributed by atoms with Gasteiger partial charge in [-0.05, 0) is 42.5 Å². The van der Waals surface area contributed by atoms with E-state index in [0.29, 0.717) is 43.2 Å². The number of methoxy groups -OCH3 is 1. The number of aromatic amines is 1. The molecular formula is C30H33FN8O2. The van der Waals surface area contributed by atoms with E-state index in [0.717, 1.165) is 47.6 Å². The van der Waals surface area contributed by atoms with Crippen LogP contribution >= 0.6 is 0 Å². The van der Waals surface area contributed by atoms with E-state index in [1.54, 1.807) is 13.3 Å². The maximum Gasteiger partial charge on any atom is 0.212 e. The van der Waals surface area contributed by atoms with Gasteiger partial charge in [0.2, 0.25) is 5.88 Å². The molecule has 0 spiro atoms.